The van der Waals surface area contributed by atoms with Crippen molar-refractivity contribution >= 4 is 17.8 Å². The lowest BCUT2D eigenvalue weighted by Crippen LogP contribution is -2.16. The molecule has 1 aliphatic heterocycles. The number of allylic oxidation sites excluding steroid dienone is 1. The molecule has 0 saturated heterocycles. The third-order valence-electron chi connectivity index (χ3n) is 3.84. The van der Waals surface area contributed by atoms with Gasteiger partial charge in [-0.05, 0) is 44.2 Å². The van der Waals surface area contributed by atoms with E-state index in [9.17, 15) is 19.8 Å². The maximum absolute atomic E-state index is 12.3. The molecule has 0 saturated carbocycles. The number of esters is 1. The van der Waals surface area contributed by atoms with E-state index in [-0.39, 0.29) is 28.9 Å². The van der Waals surface area contributed by atoms with Gasteiger partial charge in [-0.3, -0.25) is 4.79 Å². The standard InChI is InChI=1S/C18H22O5/c1-12-6-5-9-14(19)8-4-2-3-7-13-10-15(20)11-16(21)17(13)18(22)23-12/h3,7,10-12,20-21H,2,4-6,8-9H2,1H3/b7-3+/i10+1,11+1,13+1,15+1,16+1,17+1,18+1. The molecule has 124 valence electrons. The summed E-state index contributed by atoms with van der Waals surface area (Å²) in [6, 6.07) is 2.54. The van der Waals surface area contributed by atoms with Crippen molar-refractivity contribution < 1.29 is 24.5 Å². The number of benzene rings is 1. The highest BCUT2D eigenvalue weighted by atomic mass is 16.6. The Morgan fingerprint density at radius 3 is 2.65 bits per heavy atom. The van der Waals surface area contributed by atoms with Gasteiger partial charge in [0.1, 0.15) is 22.8 Å². The van der Waals surface area contributed by atoms with Crippen LogP contribution in [0.5, 0.6) is 11.5 Å². The summed E-state index contributed by atoms with van der Waals surface area (Å²) in [5.74, 6) is -0.824. The average molecular weight is 325 g/mol. The zero-order chi connectivity index (χ0) is 16.8. The summed E-state index contributed by atoms with van der Waals surface area (Å²) in [6.07, 6.45) is 6.90. The zero-order valence-electron chi connectivity index (χ0n) is 13.2. The van der Waals surface area contributed by atoms with Crippen molar-refractivity contribution in [3.05, 3.63) is 29.3 Å². The van der Waals surface area contributed by atoms with Gasteiger partial charge in [0.2, 0.25) is 0 Å². The summed E-state index contributed by atoms with van der Waals surface area (Å²) in [6.45, 7) is 1.77. The highest BCUT2D eigenvalue weighted by molar-refractivity contribution is 5.97. The Bertz CT molecular complexity index is 618. The van der Waals surface area contributed by atoms with Crippen molar-refractivity contribution in [1.29, 1.82) is 0 Å². The lowest BCUT2D eigenvalue weighted by Gasteiger charge is -2.15. The smallest absolute Gasteiger partial charge is 0.342 e. The fourth-order valence-corrected chi connectivity index (χ4v) is 2.63. The number of fused-ring (bicyclic) bond motifs is 1. The molecule has 0 aromatic heterocycles. The molecule has 0 aliphatic carbocycles. The van der Waals surface area contributed by atoms with Crippen LogP contribution >= 0.6 is 0 Å². The van der Waals surface area contributed by atoms with Crippen molar-refractivity contribution in [2.45, 2.75) is 51.6 Å². The molecule has 0 radical (unpaired) electrons. The number of ketones is 1. The zero-order valence-corrected chi connectivity index (χ0v) is 13.2. The molecule has 1 aromatic carbocycles. The minimum Gasteiger partial charge on any atom is -0.508 e. The van der Waals surface area contributed by atoms with E-state index < -0.39 is 5.97 Å². The molecule has 1 aliphatic rings. The van der Waals surface area contributed by atoms with Gasteiger partial charge in [-0.15, -0.1) is 0 Å². The van der Waals surface area contributed by atoms with Crippen molar-refractivity contribution in [3.63, 3.8) is 0 Å². The lowest BCUT2D eigenvalue weighted by atomic mass is 10.1. The third-order valence-corrected chi connectivity index (χ3v) is 3.84. The number of phenols is 2. The van der Waals surface area contributed by atoms with Gasteiger partial charge in [0, 0.05) is 18.9 Å². The molecule has 0 spiro atoms. The number of hydrogen-bond acceptors (Lipinski definition) is 5. The van der Waals surface area contributed by atoms with Crippen LogP contribution in [0.15, 0.2) is 18.2 Å². The number of carbonyl (C=O) groups excluding carboxylic acids is 2. The quantitative estimate of drug-likeness (QED) is 0.562. The predicted octanol–water partition coefficient (Wildman–Crippen LogP) is 3.58. The predicted molar refractivity (Wildman–Crippen MR) is 86.4 cm³/mol. The summed E-state index contributed by atoms with van der Waals surface area (Å²) in [4.78, 5) is 24.0. The third kappa shape index (κ3) is 4.84. The largest absolute Gasteiger partial charge is 0.508 e. The van der Waals surface area contributed by atoms with Gasteiger partial charge in [0.15, 0.2) is 0 Å². The number of carbonyl (C=O) groups is 2. The number of hydrogen-bond donors (Lipinski definition) is 2. The Kier molecular flexibility index (Phi) is 5.79. The van der Waals surface area contributed by atoms with Gasteiger partial charge in [-0.1, -0.05) is 12.2 Å². The van der Waals surface area contributed by atoms with Crippen LogP contribution in [0, 0.1) is 0 Å². The number of ether oxygens (including phenoxy) is 1. The van der Waals surface area contributed by atoms with Gasteiger partial charge >= 0.3 is 5.97 Å². The normalized spacial score (nSPS) is 21.9. The molecule has 1 aromatic rings. The fraction of sp³-hybridized carbons (Fsp3) is 0.444. The van der Waals surface area contributed by atoms with E-state index in [2.05, 4.69) is 0 Å². The molecule has 2 N–H and O–H groups in total. The average Bonchev–Trinajstić information content (AvgIpc) is 2.45. The first-order valence-corrected chi connectivity index (χ1v) is 7.92. The Morgan fingerprint density at radius 1 is 1.13 bits per heavy atom. The molecule has 1 heterocycles. The molecule has 0 fully saturated rings. The topological polar surface area (TPSA) is 83.8 Å². The summed E-state index contributed by atoms with van der Waals surface area (Å²) >= 11 is 0. The highest BCUT2D eigenvalue weighted by Crippen LogP contribution is 2.29. The maximum Gasteiger partial charge on any atom is 0.342 e. The summed E-state index contributed by atoms with van der Waals surface area (Å²) in [5.41, 5.74) is 0.460. The summed E-state index contributed by atoms with van der Waals surface area (Å²) < 4.78 is 5.35. The van der Waals surface area contributed by atoms with Gasteiger partial charge < -0.3 is 14.9 Å². The lowest BCUT2D eigenvalue weighted by molar-refractivity contribution is -0.119. The molecular formula is C18H22O5. The molecule has 5 heteroatoms. The second kappa shape index (κ2) is 7.81. The van der Waals surface area contributed by atoms with Crippen molar-refractivity contribution in [2.24, 2.45) is 0 Å². The second-order valence-corrected chi connectivity index (χ2v) is 5.87. The van der Waals surface area contributed by atoms with Crippen LogP contribution in [0.3, 0.4) is 0 Å². The van der Waals surface area contributed by atoms with Crippen LogP contribution in [0.4, 0.5) is 0 Å². The van der Waals surface area contributed by atoms with Crippen LogP contribution < -0.4 is 0 Å². The number of aromatic hydroxyl groups is 2. The van der Waals surface area contributed by atoms with E-state index >= 15 is 0 Å². The molecule has 2 rings (SSSR count). The van der Waals surface area contributed by atoms with Gasteiger partial charge in [0.25, 0.3) is 0 Å². The molecule has 0 bridgehead atoms. The van der Waals surface area contributed by atoms with Crippen LogP contribution in [-0.2, 0) is 9.53 Å². The van der Waals surface area contributed by atoms with E-state index in [1.54, 1.807) is 13.0 Å². The molecule has 1 unspecified atom stereocenters. The maximum atomic E-state index is 12.3. The first-order chi connectivity index (χ1) is 11.0. The van der Waals surface area contributed by atoms with Gasteiger partial charge in [0.05, 0.1) is 6.10 Å². The molecule has 5 nitrogen and oxygen atoms in total. The molecular weight excluding hydrogens is 303 g/mol. The van der Waals surface area contributed by atoms with Crippen LogP contribution in [0.2, 0.25) is 0 Å². The van der Waals surface area contributed by atoms with Gasteiger partial charge in [-0.2, -0.15) is 0 Å². The van der Waals surface area contributed by atoms with E-state index in [0.29, 0.717) is 37.7 Å². The summed E-state index contributed by atoms with van der Waals surface area (Å²) in [7, 11) is 0. The van der Waals surface area contributed by atoms with E-state index in [0.717, 1.165) is 12.5 Å². The minimum absolute atomic E-state index is 0.0547. The SMILES string of the molecule is CC1CCCC(=O)CCC/C=C/[13c]2[13cH][13c](O)[13cH][13c](O)[13c]2[13C](=O)O1. The van der Waals surface area contributed by atoms with Crippen LogP contribution in [-0.4, -0.2) is 28.1 Å². The Labute approximate surface area is 135 Å². The number of rotatable bonds is 0. The fourth-order valence-electron chi connectivity index (χ4n) is 2.63. The minimum atomic E-state index is -0.627. The van der Waals surface area contributed by atoms with Crippen molar-refractivity contribution in [3.8, 4) is 11.5 Å². The Balaban J connectivity index is 2.32. The van der Waals surface area contributed by atoms with Crippen LogP contribution in [0.1, 0.15) is 61.4 Å². The van der Waals surface area contributed by atoms with Crippen molar-refractivity contribution in [2.75, 3.05) is 0 Å². The Morgan fingerprint density at radius 2 is 1.87 bits per heavy atom. The number of Topliss-reactive ketones (excluding diaryl/α,β-unsaturated/α-hetero) is 1. The van der Waals surface area contributed by atoms with Crippen LogP contribution in [0.25, 0.3) is 6.08 Å². The van der Waals surface area contributed by atoms with E-state index in [4.69, 9.17) is 4.74 Å². The van der Waals surface area contributed by atoms with Gasteiger partial charge in [-0.25, -0.2) is 4.79 Å². The van der Waals surface area contributed by atoms with Crippen molar-refractivity contribution in [1.82, 2.24) is 0 Å². The highest BCUT2D eigenvalue weighted by Gasteiger charge is 2.20. The molecule has 1 atom stereocenters. The first-order valence-electron chi connectivity index (χ1n) is 7.92. The van der Waals surface area contributed by atoms with E-state index in [1.165, 1.54) is 6.07 Å². The summed E-state index contributed by atoms with van der Waals surface area (Å²) in [5, 5.41) is 19.6. The molecule has 0 amide bonds. The second-order valence-electron chi connectivity index (χ2n) is 5.87. The molecule has 23 heavy (non-hydrogen) atoms. The first kappa shape index (κ1) is 17.1. The Hall–Kier alpha value is -2.30. The monoisotopic (exact) mass is 325 g/mol. The number of phenolic OH excluding ortho intramolecular Hbond substituents is 2. The number of cyclic esters (lactones) is 1. The van der Waals surface area contributed by atoms with E-state index in [1.807, 2.05) is 6.08 Å².